The predicted molar refractivity (Wildman–Crippen MR) is 101 cm³/mol. The molecule has 2 amide bonds. The lowest BCUT2D eigenvalue weighted by atomic mass is 10.2. The van der Waals surface area contributed by atoms with Crippen molar-refractivity contribution in [3.05, 3.63) is 58.9 Å². The Morgan fingerprint density at radius 2 is 1.77 bits per heavy atom. The largest absolute Gasteiger partial charge is 0.453 e. The first-order valence-corrected chi connectivity index (χ1v) is 8.72. The maximum Gasteiger partial charge on any atom is 0.411 e. The van der Waals surface area contributed by atoms with E-state index in [2.05, 4.69) is 20.4 Å². The van der Waals surface area contributed by atoms with Crippen LogP contribution in [0.15, 0.2) is 41.9 Å². The minimum atomic E-state index is -0.545. The second kappa shape index (κ2) is 7.40. The van der Waals surface area contributed by atoms with Gasteiger partial charge in [0.05, 0.1) is 12.7 Å². The molecule has 134 valence electrons. The fraction of sp³-hybridized carbons (Fsp3) is 0.167. The van der Waals surface area contributed by atoms with Crippen LogP contribution in [0, 0.1) is 13.8 Å². The first kappa shape index (κ1) is 17.7. The van der Waals surface area contributed by atoms with E-state index in [0.717, 1.165) is 16.5 Å². The molecular formula is C18H18N4O3S. The lowest BCUT2D eigenvalue weighted by Crippen LogP contribution is -2.13. The quantitative estimate of drug-likeness (QED) is 0.727. The van der Waals surface area contributed by atoms with Crippen molar-refractivity contribution in [2.45, 2.75) is 13.8 Å². The van der Waals surface area contributed by atoms with Gasteiger partial charge in [-0.25, -0.2) is 9.78 Å². The van der Waals surface area contributed by atoms with Gasteiger partial charge in [-0.15, -0.1) is 11.3 Å². The number of aromatic nitrogens is 2. The number of ether oxygens (including phenoxy) is 1. The smallest absolute Gasteiger partial charge is 0.411 e. The van der Waals surface area contributed by atoms with Gasteiger partial charge in [0.25, 0.3) is 5.91 Å². The summed E-state index contributed by atoms with van der Waals surface area (Å²) in [5, 5.41) is 8.15. The lowest BCUT2D eigenvalue weighted by Gasteiger charge is -2.08. The zero-order valence-corrected chi connectivity index (χ0v) is 15.4. The first-order valence-electron chi connectivity index (χ1n) is 7.85. The van der Waals surface area contributed by atoms with Crippen molar-refractivity contribution in [2.75, 3.05) is 17.7 Å². The van der Waals surface area contributed by atoms with Crippen LogP contribution in [0.5, 0.6) is 0 Å². The van der Waals surface area contributed by atoms with Gasteiger partial charge in [0.2, 0.25) is 0 Å². The van der Waals surface area contributed by atoms with E-state index < -0.39 is 6.09 Å². The molecule has 0 saturated heterocycles. The Morgan fingerprint density at radius 3 is 2.35 bits per heavy atom. The third-order valence-corrected chi connectivity index (χ3v) is 4.62. The summed E-state index contributed by atoms with van der Waals surface area (Å²) < 4.78 is 6.50. The second-order valence-electron chi connectivity index (χ2n) is 5.58. The molecule has 0 aliphatic carbocycles. The number of hydrogen-bond donors (Lipinski definition) is 2. The van der Waals surface area contributed by atoms with E-state index >= 15 is 0 Å². The summed E-state index contributed by atoms with van der Waals surface area (Å²) in [5.74, 6) is -0.199. The van der Waals surface area contributed by atoms with Crippen molar-refractivity contribution in [3.8, 4) is 5.13 Å². The third-order valence-electron chi connectivity index (χ3n) is 3.86. The molecule has 8 heteroatoms. The Balaban J connectivity index is 1.76. The van der Waals surface area contributed by atoms with Crippen LogP contribution in [-0.2, 0) is 4.74 Å². The van der Waals surface area contributed by atoms with E-state index in [4.69, 9.17) is 0 Å². The molecule has 0 aliphatic heterocycles. The summed E-state index contributed by atoms with van der Waals surface area (Å²) in [5.41, 5.74) is 3.58. The molecule has 0 aliphatic rings. The number of carbonyl (C=O) groups excluding carboxylic acids is 2. The van der Waals surface area contributed by atoms with Gasteiger partial charge in [-0.2, -0.15) is 0 Å². The van der Waals surface area contributed by atoms with Gasteiger partial charge in [0, 0.05) is 34.3 Å². The molecule has 26 heavy (non-hydrogen) atoms. The Kier molecular flexibility index (Phi) is 5.04. The molecule has 3 aromatic rings. The summed E-state index contributed by atoms with van der Waals surface area (Å²) in [6.07, 6.45) is 1.19. The van der Waals surface area contributed by atoms with Crippen molar-refractivity contribution in [2.24, 2.45) is 0 Å². The van der Waals surface area contributed by atoms with Crippen molar-refractivity contribution < 1.29 is 14.3 Å². The number of nitrogens with zero attached hydrogens (tertiary/aromatic N) is 2. The summed E-state index contributed by atoms with van der Waals surface area (Å²) in [6, 6.07) is 8.64. The van der Waals surface area contributed by atoms with Crippen molar-refractivity contribution in [3.63, 3.8) is 0 Å². The van der Waals surface area contributed by atoms with Crippen LogP contribution >= 0.6 is 11.3 Å². The summed E-state index contributed by atoms with van der Waals surface area (Å²) in [4.78, 5) is 28.1. The predicted octanol–water partition coefficient (Wildman–Crippen LogP) is 3.98. The number of methoxy groups -OCH3 is 1. The normalized spacial score (nSPS) is 10.4. The Morgan fingerprint density at radius 1 is 1.12 bits per heavy atom. The minimum absolute atomic E-state index is 0.199. The van der Waals surface area contributed by atoms with Crippen LogP contribution in [0.4, 0.5) is 16.2 Å². The molecule has 2 N–H and O–H groups in total. The molecule has 0 bridgehead atoms. The monoisotopic (exact) mass is 370 g/mol. The van der Waals surface area contributed by atoms with Crippen LogP contribution < -0.4 is 10.6 Å². The van der Waals surface area contributed by atoms with E-state index in [1.807, 2.05) is 29.9 Å². The third kappa shape index (κ3) is 3.60. The molecule has 0 fully saturated rings. The van der Waals surface area contributed by atoms with Crippen LogP contribution in [0.2, 0.25) is 0 Å². The van der Waals surface area contributed by atoms with Crippen molar-refractivity contribution >= 4 is 34.7 Å². The standard InChI is InChI=1S/C18H18N4O3S/c1-11-10-15(12(2)22(11)17-19-8-9-26-17)16(23)20-13-4-6-14(7-5-13)21-18(24)25-3/h4-10H,1-3H3,(H,20,23)(H,21,24). The summed E-state index contributed by atoms with van der Waals surface area (Å²) in [7, 11) is 1.30. The number of thiazole rings is 1. The number of anilines is 2. The highest BCUT2D eigenvalue weighted by Gasteiger charge is 2.18. The molecule has 2 aromatic heterocycles. The van der Waals surface area contributed by atoms with E-state index in [1.165, 1.54) is 18.4 Å². The number of amides is 2. The van der Waals surface area contributed by atoms with Gasteiger partial charge >= 0.3 is 6.09 Å². The van der Waals surface area contributed by atoms with E-state index in [9.17, 15) is 9.59 Å². The zero-order valence-electron chi connectivity index (χ0n) is 14.6. The second-order valence-corrected chi connectivity index (χ2v) is 6.46. The number of benzene rings is 1. The Labute approximate surface area is 154 Å². The highest BCUT2D eigenvalue weighted by molar-refractivity contribution is 7.12. The Bertz CT molecular complexity index is 930. The topological polar surface area (TPSA) is 85.3 Å². The highest BCUT2D eigenvalue weighted by atomic mass is 32.1. The van der Waals surface area contributed by atoms with Crippen molar-refractivity contribution in [1.29, 1.82) is 0 Å². The SMILES string of the molecule is COC(=O)Nc1ccc(NC(=O)c2cc(C)n(-c3nccs3)c2C)cc1. The highest BCUT2D eigenvalue weighted by Crippen LogP contribution is 2.23. The van der Waals surface area contributed by atoms with Gasteiger partial charge in [-0.05, 0) is 44.2 Å². The number of nitrogens with one attached hydrogen (secondary N) is 2. The molecule has 0 atom stereocenters. The maximum atomic E-state index is 12.6. The first-order chi connectivity index (χ1) is 12.5. The molecule has 0 saturated carbocycles. The molecule has 3 rings (SSSR count). The number of aryl methyl sites for hydroxylation is 1. The number of hydrogen-bond acceptors (Lipinski definition) is 5. The van der Waals surface area contributed by atoms with Gasteiger partial charge < -0.3 is 10.1 Å². The molecular weight excluding hydrogens is 352 g/mol. The molecule has 7 nitrogen and oxygen atoms in total. The van der Waals surface area contributed by atoms with Crippen LogP contribution in [0.3, 0.4) is 0 Å². The molecule has 0 spiro atoms. The summed E-state index contributed by atoms with van der Waals surface area (Å²) >= 11 is 1.52. The fourth-order valence-electron chi connectivity index (χ4n) is 2.62. The van der Waals surface area contributed by atoms with E-state index in [0.29, 0.717) is 16.9 Å². The van der Waals surface area contributed by atoms with Crippen LogP contribution in [0.1, 0.15) is 21.7 Å². The Hall–Kier alpha value is -3.13. The average Bonchev–Trinajstić information content (AvgIpc) is 3.24. The summed E-state index contributed by atoms with van der Waals surface area (Å²) in [6.45, 7) is 3.84. The molecule has 0 radical (unpaired) electrons. The van der Waals surface area contributed by atoms with Crippen LogP contribution in [-0.4, -0.2) is 28.7 Å². The number of rotatable bonds is 4. The van der Waals surface area contributed by atoms with Gasteiger partial charge in [0.15, 0.2) is 5.13 Å². The van der Waals surface area contributed by atoms with Gasteiger partial charge in [-0.3, -0.25) is 14.7 Å². The molecule has 0 unspecified atom stereocenters. The van der Waals surface area contributed by atoms with Crippen molar-refractivity contribution in [1.82, 2.24) is 9.55 Å². The van der Waals surface area contributed by atoms with Gasteiger partial charge in [0.1, 0.15) is 0 Å². The van der Waals surface area contributed by atoms with Gasteiger partial charge in [-0.1, -0.05) is 0 Å². The van der Waals surface area contributed by atoms with E-state index in [1.54, 1.807) is 30.5 Å². The average molecular weight is 370 g/mol. The fourth-order valence-corrected chi connectivity index (χ4v) is 3.37. The maximum absolute atomic E-state index is 12.6. The minimum Gasteiger partial charge on any atom is -0.453 e. The zero-order chi connectivity index (χ0) is 18.7. The van der Waals surface area contributed by atoms with E-state index in [-0.39, 0.29) is 5.91 Å². The molecule has 2 heterocycles. The van der Waals surface area contributed by atoms with Crippen LogP contribution in [0.25, 0.3) is 5.13 Å². The lowest BCUT2D eigenvalue weighted by molar-refractivity contribution is 0.102. The molecule has 1 aromatic carbocycles. The number of carbonyl (C=O) groups is 2.